The van der Waals surface area contributed by atoms with Crippen molar-refractivity contribution in [3.63, 3.8) is 0 Å². The number of nitrogens with one attached hydrogen (secondary N) is 1. The minimum atomic E-state index is 0.200. The van der Waals surface area contributed by atoms with Crippen LogP contribution in [-0.4, -0.2) is 17.7 Å². The maximum Gasteiger partial charge on any atom is 0.251 e. The highest BCUT2D eigenvalue weighted by atomic mass is 16.1. The molecule has 0 aliphatic carbocycles. The lowest BCUT2D eigenvalue weighted by atomic mass is 9.84. The maximum absolute atomic E-state index is 12.0. The highest BCUT2D eigenvalue weighted by molar-refractivity contribution is 5.23. The van der Waals surface area contributed by atoms with E-state index < -0.39 is 0 Å². The van der Waals surface area contributed by atoms with Gasteiger partial charge in [0.05, 0.1) is 0 Å². The van der Waals surface area contributed by atoms with Crippen molar-refractivity contribution < 1.29 is 0 Å². The van der Waals surface area contributed by atoms with Gasteiger partial charge in [-0.15, -0.1) is 0 Å². The average molecular weight is 218 g/mol. The van der Waals surface area contributed by atoms with Crippen molar-refractivity contribution in [2.45, 2.75) is 32.2 Å². The van der Waals surface area contributed by atoms with Gasteiger partial charge in [-0.2, -0.15) is 0 Å². The molecule has 0 spiro atoms. The molecular weight excluding hydrogens is 200 g/mol. The number of aryl methyl sites for hydroxylation is 1. The first-order valence-corrected chi connectivity index (χ1v) is 6.22. The Morgan fingerprint density at radius 1 is 1.44 bits per heavy atom. The molecule has 2 bridgehead atoms. The summed E-state index contributed by atoms with van der Waals surface area (Å²) in [6, 6.07) is 4.03. The van der Waals surface area contributed by atoms with Gasteiger partial charge in [-0.3, -0.25) is 4.79 Å². The second kappa shape index (κ2) is 3.74. The SMILES string of the molecule is CCc1cc2n(c(=O)c1)CC1CNCC2C1. The van der Waals surface area contributed by atoms with Crippen LogP contribution in [0, 0.1) is 5.92 Å². The topological polar surface area (TPSA) is 34.0 Å². The van der Waals surface area contributed by atoms with Gasteiger partial charge >= 0.3 is 0 Å². The summed E-state index contributed by atoms with van der Waals surface area (Å²) in [6.07, 6.45) is 2.20. The van der Waals surface area contributed by atoms with E-state index in [1.807, 2.05) is 4.57 Å². The number of fused-ring (bicyclic) bond motifs is 4. The van der Waals surface area contributed by atoms with Crippen LogP contribution < -0.4 is 10.9 Å². The number of hydrogen-bond donors (Lipinski definition) is 1. The smallest absolute Gasteiger partial charge is 0.251 e. The molecule has 0 amide bonds. The van der Waals surface area contributed by atoms with E-state index in [1.165, 1.54) is 17.7 Å². The molecule has 0 aromatic carbocycles. The standard InChI is InChI=1S/C13H18N2O/c1-2-9-4-12-11-3-10(6-14-7-11)8-15(12)13(16)5-9/h4-5,10-11,14H,2-3,6-8H2,1H3. The van der Waals surface area contributed by atoms with E-state index in [4.69, 9.17) is 0 Å². The molecule has 2 unspecified atom stereocenters. The molecule has 3 rings (SSSR count). The molecule has 1 N–H and O–H groups in total. The minimum Gasteiger partial charge on any atom is -0.316 e. The van der Waals surface area contributed by atoms with Crippen LogP contribution in [0.1, 0.15) is 30.5 Å². The molecule has 1 fully saturated rings. The Kier molecular flexibility index (Phi) is 2.36. The van der Waals surface area contributed by atoms with Crippen LogP contribution in [0.25, 0.3) is 0 Å². The van der Waals surface area contributed by atoms with E-state index in [9.17, 15) is 4.79 Å². The monoisotopic (exact) mass is 218 g/mol. The number of aromatic nitrogens is 1. The van der Waals surface area contributed by atoms with E-state index in [0.717, 1.165) is 26.1 Å². The number of rotatable bonds is 1. The molecule has 0 radical (unpaired) electrons. The molecule has 1 aromatic rings. The number of piperidine rings is 1. The zero-order chi connectivity index (χ0) is 11.1. The van der Waals surface area contributed by atoms with Gasteiger partial charge in [0.15, 0.2) is 0 Å². The van der Waals surface area contributed by atoms with Gasteiger partial charge in [0, 0.05) is 30.8 Å². The predicted molar refractivity (Wildman–Crippen MR) is 63.8 cm³/mol. The lowest BCUT2D eigenvalue weighted by Crippen LogP contribution is -2.44. The first-order chi connectivity index (χ1) is 7.78. The Labute approximate surface area is 95.5 Å². The predicted octanol–water partition coefficient (Wildman–Crippen LogP) is 1.12. The summed E-state index contributed by atoms with van der Waals surface area (Å²) in [5, 5.41) is 3.47. The van der Waals surface area contributed by atoms with Gasteiger partial charge in [0.2, 0.25) is 0 Å². The lowest BCUT2D eigenvalue weighted by molar-refractivity contribution is 0.257. The molecule has 16 heavy (non-hydrogen) atoms. The van der Waals surface area contributed by atoms with Crippen molar-refractivity contribution >= 4 is 0 Å². The Balaban J connectivity index is 2.13. The third-order valence-electron chi connectivity index (χ3n) is 3.93. The Morgan fingerprint density at radius 2 is 2.31 bits per heavy atom. The highest BCUT2D eigenvalue weighted by Gasteiger charge is 2.30. The van der Waals surface area contributed by atoms with E-state index in [1.54, 1.807) is 6.07 Å². The molecule has 0 saturated carbocycles. The van der Waals surface area contributed by atoms with Gasteiger partial charge in [0.25, 0.3) is 5.56 Å². The second-order valence-corrected chi connectivity index (χ2v) is 5.05. The van der Waals surface area contributed by atoms with Crippen LogP contribution in [0.2, 0.25) is 0 Å². The van der Waals surface area contributed by atoms with Crippen molar-refractivity contribution in [2.75, 3.05) is 13.1 Å². The molecule has 2 atom stereocenters. The molecular formula is C13H18N2O. The number of pyridine rings is 1. The summed E-state index contributed by atoms with van der Waals surface area (Å²) < 4.78 is 2.00. The molecule has 1 aromatic heterocycles. The molecule has 1 saturated heterocycles. The van der Waals surface area contributed by atoms with E-state index in [-0.39, 0.29) is 5.56 Å². The fraction of sp³-hybridized carbons (Fsp3) is 0.615. The first kappa shape index (κ1) is 10.1. The molecule has 3 heterocycles. The van der Waals surface area contributed by atoms with E-state index in [0.29, 0.717) is 11.8 Å². The fourth-order valence-corrected chi connectivity index (χ4v) is 3.06. The van der Waals surface area contributed by atoms with Crippen LogP contribution in [0.4, 0.5) is 0 Å². The van der Waals surface area contributed by atoms with Crippen LogP contribution in [0.3, 0.4) is 0 Å². The quantitative estimate of drug-likeness (QED) is 0.766. The molecule has 2 aliphatic rings. The third-order valence-corrected chi connectivity index (χ3v) is 3.93. The van der Waals surface area contributed by atoms with Gasteiger partial charge < -0.3 is 9.88 Å². The van der Waals surface area contributed by atoms with Crippen molar-refractivity contribution in [1.82, 2.24) is 9.88 Å². The minimum absolute atomic E-state index is 0.200. The van der Waals surface area contributed by atoms with E-state index in [2.05, 4.69) is 18.3 Å². The van der Waals surface area contributed by atoms with Gasteiger partial charge in [0.1, 0.15) is 0 Å². The second-order valence-electron chi connectivity index (χ2n) is 5.05. The third kappa shape index (κ3) is 1.50. The van der Waals surface area contributed by atoms with E-state index >= 15 is 0 Å². The molecule has 3 heteroatoms. The van der Waals surface area contributed by atoms with Crippen LogP contribution in [-0.2, 0) is 13.0 Å². The summed E-state index contributed by atoms with van der Waals surface area (Å²) in [6.45, 7) is 5.11. The fourth-order valence-electron chi connectivity index (χ4n) is 3.06. The summed E-state index contributed by atoms with van der Waals surface area (Å²) in [7, 11) is 0. The summed E-state index contributed by atoms with van der Waals surface area (Å²) in [5.41, 5.74) is 2.64. The zero-order valence-electron chi connectivity index (χ0n) is 9.70. The number of nitrogens with zero attached hydrogens (tertiary/aromatic N) is 1. The normalized spacial score (nSPS) is 27.6. The van der Waals surface area contributed by atoms with Crippen LogP contribution in [0.15, 0.2) is 16.9 Å². The van der Waals surface area contributed by atoms with Crippen molar-refractivity contribution in [2.24, 2.45) is 5.92 Å². The number of hydrogen-bond acceptors (Lipinski definition) is 2. The van der Waals surface area contributed by atoms with Gasteiger partial charge in [-0.05, 0) is 36.9 Å². The van der Waals surface area contributed by atoms with Crippen molar-refractivity contribution in [1.29, 1.82) is 0 Å². The molecule has 2 aliphatic heterocycles. The highest BCUT2D eigenvalue weighted by Crippen LogP contribution is 2.31. The molecule has 86 valence electrons. The van der Waals surface area contributed by atoms with Gasteiger partial charge in [-0.25, -0.2) is 0 Å². The summed E-state index contributed by atoms with van der Waals surface area (Å²) in [4.78, 5) is 12.0. The van der Waals surface area contributed by atoms with Crippen molar-refractivity contribution in [3.8, 4) is 0 Å². The summed E-state index contributed by atoms with van der Waals surface area (Å²) in [5.74, 6) is 1.20. The summed E-state index contributed by atoms with van der Waals surface area (Å²) >= 11 is 0. The Morgan fingerprint density at radius 3 is 3.12 bits per heavy atom. The van der Waals surface area contributed by atoms with Gasteiger partial charge in [-0.1, -0.05) is 6.92 Å². The van der Waals surface area contributed by atoms with Crippen LogP contribution >= 0.6 is 0 Å². The Bertz CT molecular complexity index is 463. The largest absolute Gasteiger partial charge is 0.316 e. The Hall–Kier alpha value is -1.09. The zero-order valence-corrected chi connectivity index (χ0v) is 9.70. The lowest BCUT2D eigenvalue weighted by Gasteiger charge is -2.37. The van der Waals surface area contributed by atoms with Crippen LogP contribution in [0.5, 0.6) is 0 Å². The maximum atomic E-state index is 12.0. The molecule has 3 nitrogen and oxygen atoms in total. The average Bonchev–Trinajstić information content (AvgIpc) is 2.31. The van der Waals surface area contributed by atoms with Crippen molar-refractivity contribution in [3.05, 3.63) is 33.7 Å². The first-order valence-electron chi connectivity index (χ1n) is 6.22.